The summed E-state index contributed by atoms with van der Waals surface area (Å²) in [7, 11) is 3.18. The first-order valence-electron chi connectivity index (χ1n) is 6.07. The van der Waals surface area contributed by atoms with Crippen LogP contribution in [0, 0.1) is 6.92 Å². The summed E-state index contributed by atoms with van der Waals surface area (Å²) in [5.74, 6) is -0.480. The van der Waals surface area contributed by atoms with Crippen LogP contribution in [0.5, 0.6) is 5.75 Å². The van der Waals surface area contributed by atoms with Gasteiger partial charge < -0.3 is 14.7 Å². The summed E-state index contributed by atoms with van der Waals surface area (Å²) >= 11 is 0. The molecule has 5 heteroatoms. The Hall–Kier alpha value is -2.04. The fourth-order valence-corrected chi connectivity index (χ4v) is 1.75. The number of carboxylic acids is 1. The smallest absolute Gasteiger partial charge is 0.303 e. The highest BCUT2D eigenvalue weighted by Crippen LogP contribution is 2.21. The number of aliphatic carboxylic acids is 1. The minimum absolute atomic E-state index is 0.0582. The summed E-state index contributed by atoms with van der Waals surface area (Å²) in [6.45, 7) is 2.33. The van der Waals surface area contributed by atoms with Crippen molar-refractivity contribution in [2.75, 3.05) is 20.7 Å². The van der Waals surface area contributed by atoms with E-state index in [9.17, 15) is 9.59 Å². The molecule has 0 aliphatic heterocycles. The summed E-state index contributed by atoms with van der Waals surface area (Å²) in [5, 5.41) is 8.57. The van der Waals surface area contributed by atoms with Crippen LogP contribution in [0.4, 0.5) is 0 Å². The van der Waals surface area contributed by atoms with E-state index in [1.165, 1.54) is 12.0 Å². The van der Waals surface area contributed by atoms with Gasteiger partial charge in [-0.1, -0.05) is 6.07 Å². The Morgan fingerprint density at radius 2 is 2.05 bits per heavy atom. The van der Waals surface area contributed by atoms with E-state index in [0.717, 1.165) is 5.56 Å². The molecule has 0 heterocycles. The van der Waals surface area contributed by atoms with Crippen molar-refractivity contribution in [2.45, 2.75) is 19.8 Å². The first-order valence-corrected chi connectivity index (χ1v) is 6.07. The minimum atomic E-state index is -0.853. The van der Waals surface area contributed by atoms with E-state index >= 15 is 0 Å². The molecule has 0 saturated heterocycles. The van der Waals surface area contributed by atoms with Gasteiger partial charge in [0.2, 0.25) is 0 Å². The number of carbonyl (C=O) groups excluding carboxylic acids is 1. The lowest BCUT2D eigenvalue weighted by Gasteiger charge is -2.18. The number of carbonyl (C=O) groups is 2. The molecule has 0 atom stereocenters. The molecule has 1 N–H and O–H groups in total. The zero-order chi connectivity index (χ0) is 14.4. The van der Waals surface area contributed by atoms with Gasteiger partial charge in [0.05, 0.1) is 12.7 Å². The van der Waals surface area contributed by atoms with Crippen LogP contribution in [-0.4, -0.2) is 42.6 Å². The number of aryl methyl sites for hydroxylation is 1. The van der Waals surface area contributed by atoms with Gasteiger partial charge in [-0.15, -0.1) is 0 Å². The van der Waals surface area contributed by atoms with Gasteiger partial charge in [-0.2, -0.15) is 0 Å². The Kier molecular flexibility index (Phi) is 5.36. The normalized spacial score (nSPS) is 10.1. The zero-order valence-corrected chi connectivity index (χ0v) is 11.5. The van der Waals surface area contributed by atoms with Crippen molar-refractivity contribution in [3.05, 3.63) is 29.3 Å². The third kappa shape index (κ3) is 4.28. The first kappa shape index (κ1) is 15.0. The van der Waals surface area contributed by atoms with Crippen molar-refractivity contribution < 1.29 is 19.4 Å². The van der Waals surface area contributed by atoms with Gasteiger partial charge in [0.25, 0.3) is 5.91 Å². The van der Waals surface area contributed by atoms with E-state index in [-0.39, 0.29) is 12.3 Å². The number of carboxylic acid groups (broad SMARTS) is 1. The number of hydrogen-bond acceptors (Lipinski definition) is 3. The SMILES string of the molecule is COc1cc(C)ccc1C(=O)N(C)CCCC(=O)O. The third-order valence-corrected chi connectivity index (χ3v) is 2.82. The molecule has 0 aliphatic carbocycles. The molecule has 0 aliphatic rings. The van der Waals surface area contributed by atoms with Crippen molar-refractivity contribution in [3.63, 3.8) is 0 Å². The van der Waals surface area contributed by atoms with Gasteiger partial charge in [0, 0.05) is 20.0 Å². The molecule has 1 aromatic carbocycles. The van der Waals surface area contributed by atoms with Crippen LogP contribution in [0.25, 0.3) is 0 Å². The molecule has 0 unspecified atom stereocenters. The number of ether oxygens (including phenoxy) is 1. The van der Waals surface area contributed by atoms with Crippen LogP contribution in [0.15, 0.2) is 18.2 Å². The Balaban J connectivity index is 2.73. The Morgan fingerprint density at radius 1 is 1.37 bits per heavy atom. The second-order valence-electron chi connectivity index (χ2n) is 4.43. The second kappa shape index (κ2) is 6.78. The Morgan fingerprint density at radius 3 is 2.63 bits per heavy atom. The quantitative estimate of drug-likeness (QED) is 0.853. The summed E-state index contributed by atoms with van der Waals surface area (Å²) in [5.41, 5.74) is 1.51. The maximum atomic E-state index is 12.2. The highest BCUT2D eigenvalue weighted by molar-refractivity contribution is 5.96. The number of hydrogen-bond donors (Lipinski definition) is 1. The molecule has 5 nitrogen and oxygen atoms in total. The van der Waals surface area contributed by atoms with E-state index in [1.807, 2.05) is 13.0 Å². The molecule has 0 bridgehead atoms. The highest BCUT2D eigenvalue weighted by Gasteiger charge is 2.16. The van der Waals surface area contributed by atoms with E-state index in [1.54, 1.807) is 19.2 Å². The molecule has 0 radical (unpaired) electrons. The highest BCUT2D eigenvalue weighted by atomic mass is 16.5. The van der Waals surface area contributed by atoms with Crippen LogP contribution >= 0.6 is 0 Å². The van der Waals surface area contributed by atoms with Gasteiger partial charge in [-0.3, -0.25) is 9.59 Å². The molecule has 1 amide bonds. The van der Waals surface area contributed by atoms with Gasteiger partial charge in [-0.05, 0) is 31.0 Å². The van der Waals surface area contributed by atoms with Crippen molar-refractivity contribution in [1.82, 2.24) is 4.90 Å². The van der Waals surface area contributed by atoms with E-state index in [2.05, 4.69) is 0 Å². The number of rotatable bonds is 6. The molecule has 0 saturated carbocycles. The Bertz CT molecular complexity index is 471. The molecular formula is C14H19NO4. The summed E-state index contributed by atoms with van der Waals surface area (Å²) in [4.78, 5) is 24.2. The van der Waals surface area contributed by atoms with Crippen LogP contribution in [0.2, 0.25) is 0 Å². The van der Waals surface area contributed by atoms with E-state index < -0.39 is 5.97 Å². The maximum absolute atomic E-state index is 12.2. The van der Waals surface area contributed by atoms with Crippen LogP contribution in [-0.2, 0) is 4.79 Å². The molecule has 1 aromatic rings. The van der Waals surface area contributed by atoms with Crippen molar-refractivity contribution >= 4 is 11.9 Å². The number of amides is 1. The fourth-order valence-electron chi connectivity index (χ4n) is 1.75. The molecule has 19 heavy (non-hydrogen) atoms. The fraction of sp³-hybridized carbons (Fsp3) is 0.429. The molecular weight excluding hydrogens is 246 g/mol. The van der Waals surface area contributed by atoms with Crippen molar-refractivity contribution in [2.24, 2.45) is 0 Å². The number of nitrogens with zero attached hydrogens (tertiary/aromatic N) is 1. The lowest BCUT2D eigenvalue weighted by molar-refractivity contribution is -0.137. The molecule has 0 aromatic heterocycles. The monoisotopic (exact) mass is 265 g/mol. The van der Waals surface area contributed by atoms with Gasteiger partial charge in [0.15, 0.2) is 0 Å². The lowest BCUT2D eigenvalue weighted by Crippen LogP contribution is -2.28. The summed E-state index contributed by atoms with van der Waals surface area (Å²) < 4.78 is 5.20. The maximum Gasteiger partial charge on any atom is 0.303 e. The average molecular weight is 265 g/mol. The van der Waals surface area contributed by atoms with Gasteiger partial charge in [0.1, 0.15) is 5.75 Å². The lowest BCUT2D eigenvalue weighted by atomic mass is 10.1. The molecule has 1 rings (SSSR count). The molecule has 0 fully saturated rings. The topological polar surface area (TPSA) is 66.8 Å². The van der Waals surface area contributed by atoms with Crippen LogP contribution in [0.1, 0.15) is 28.8 Å². The molecule has 0 spiro atoms. The average Bonchev–Trinajstić information content (AvgIpc) is 2.37. The predicted octanol–water partition coefficient (Wildman–Crippen LogP) is 1.94. The minimum Gasteiger partial charge on any atom is -0.496 e. The predicted molar refractivity (Wildman–Crippen MR) is 71.6 cm³/mol. The van der Waals surface area contributed by atoms with Crippen LogP contribution in [0.3, 0.4) is 0 Å². The summed E-state index contributed by atoms with van der Waals surface area (Å²) in [6.07, 6.45) is 0.494. The van der Waals surface area contributed by atoms with E-state index in [0.29, 0.717) is 24.3 Å². The zero-order valence-electron chi connectivity index (χ0n) is 11.5. The third-order valence-electron chi connectivity index (χ3n) is 2.82. The summed E-state index contributed by atoms with van der Waals surface area (Å²) in [6, 6.07) is 5.38. The van der Waals surface area contributed by atoms with Crippen molar-refractivity contribution in [1.29, 1.82) is 0 Å². The second-order valence-corrected chi connectivity index (χ2v) is 4.43. The van der Waals surface area contributed by atoms with Gasteiger partial charge >= 0.3 is 5.97 Å². The van der Waals surface area contributed by atoms with Crippen LogP contribution < -0.4 is 4.74 Å². The number of methoxy groups -OCH3 is 1. The standard InChI is InChI=1S/C14H19NO4/c1-10-6-7-11(12(9-10)19-3)14(18)15(2)8-4-5-13(16)17/h6-7,9H,4-5,8H2,1-3H3,(H,16,17). The molecule has 104 valence electrons. The number of benzene rings is 1. The van der Waals surface area contributed by atoms with Gasteiger partial charge in [-0.25, -0.2) is 0 Å². The first-order chi connectivity index (χ1) is 8.95. The largest absolute Gasteiger partial charge is 0.496 e. The van der Waals surface area contributed by atoms with E-state index in [4.69, 9.17) is 9.84 Å². The Labute approximate surface area is 112 Å². The van der Waals surface area contributed by atoms with Crippen molar-refractivity contribution in [3.8, 4) is 5.75 Å².